The molecule has 0 aliphatic carbocycles. The van der Waals surface area contributed by atoms with Gasteiger partial charge in [0.05, 0.1) is 34.5 Å². The molecule has 3 aromatic heterocycles. The first-order valence-electron chi connectivity index (χ1n) is 7.60. The van der Waals surface area contributed by atoms with E-state index >= 15 is 0 Å². The molecule has 3 heterocycles. The maximum Gasteiger partial charge on any atom is 0.277 e. The number of amides is 2. The van der Waals surface area contributed by atoms with Crippen molar-refractivity contribution in [1.82, 2.24) is 29.3 Å². The Kier molecular flexibility index (Phi) is 4.51. The summed E-state index contributed by atoms with van der Waals surface area (Å²) in [5.41, 5.74) is 1.87. The Morgan fingerprint density at radius 3 is 2.19 bits per heavy atom. The predicted molar refractivity (Wildman–Crippen MR) is 95.3 cm³/mol. The molecule has 26 heavy (non-hydrogen) atoms. The van der Waals surface area contributed by atoms with Gasteiger partial charge in [-0.3, -0.25) is 23.6 Å². The number of nitrogens with zero attached hydrogens (tertiary/aromatic N) is 6. The summed E-state index contributed by atoms with van der Waals surface area (Å²) >= 11 is 5.99. The smallest absolute Gasteiger partial charge is 0.277 e. The van der Waals surface area contributed by atoms with Crippen molar-refractivity contribution in [3.8, 4) is 0 Å². The number of hydrogen-bond donors (Lipinski definition) is 2. The molecule has 0 saturated carbocycles. The van der Waals surface area contributed by atoms with E-state index in [2.05, 4.69) is 25.9 Å². The molecule has 2 amide bonds. The average Bonchev–Trinajstić information content (AvgIpc) is 3.20. The number of carbonyl (C=O) groups excluding carboxylic acids is 2. The van der Waals surface area contributed by atoms with E-state index in [1.807, 2.05) is 6.92 Å². The molecule has 3 aromatic rings. The van der Waals surface area contributed by atoms with Crippen molar-refractivity contribution in [1.29, 1.82) is 0 Å². The molecule has 0 unspecified atom stereocenters. The van der Waals surface area contributed by atoms with Gasteiger partial charge in [0.25, 0.3) is 11.8 Å². The van der Waals surface area contributed by atoms with E-state index in [4.69, 9.17) is 11.6 Å². The van der Waals surface area contributed by atoms with E-state index < -0.39 is 11.8 Å². The Balaban J connectivity index is 1.84. The molecule has 0 atom stereocenters. The Labute approximate surface area is 153 Å². The molecule has 0 aromatic carbocycles. The minimum atomic E-state index is -0.532. The SMILES string of the molecule is Cc1c(NC(=O)c2c(NC(=O)c3nn(C)cc3Cl)cnn2C)cnn1C. The molecule has 10 nitrogen and oxygen atoms in total. The van der Waals surface area contributed by atoms with Crippen LogP contribution in [0.5, 0.6) is 0 Å². The minimum absolute atomic E-state index is 0.0625. The van der Waals surface area contributed by atoms with Gasteiger partial charge in [-0.2, -0.15) is 15.3 Å². The molecule has 0 saturated heterocycles. The van der Waals surface area contributed by atoms with Crippen LogP contribution in [0.15, 0.2) is 18.6 Å². The Morgan fingerprint density at radius 1 is 1.00 bits per heavy atom. The third kappa shape index (κ3) is 3.18. The lowest BCUT2D eigenvalue weighted by Gasteiger charge is -2.08. The molecule has 0 fully saturated rings. The number of nitrogens with one attached hydrogen (secondary N) is 2. The maximum atomic E-state index is 12.7. The molecule has 0 aliphatic rings. The van der Waals surface area contributed by atoms with Crippen LogP contribution >= 0.6 is 11.6 Å². The van der Waals surface area contributed by atoms with Crippen LogP contribution in [0.4, 0.5) is 11.4 Å². The van der Waals surface area contributed by atoms with E-state index in [9.17, 15) is 9.59 Å². The zero-order valence-electron chi connectivity index (χ0n) is 14.6. The molecule has 0 radical (unpaired) electrons. The van der Waals surface area contributed by atoms with Gasteiger partial charge in [0.2, 0.25) is 0 Å². The van der Waals surface area contributed by atoms with Gasteiger partial charge in [0.15, 0.2) is 5.69 Å². The second kappa shape index (κ2) is 6.64. The highest BCUT2D eigenvalue weighted by atomic mass is 35.5. The highest BCUT2D eigenvalue weighted by molar-refractivity contribution is 6.34. The van der Waals surface area contributed by atoms with Crippen LogP contribution in [-0.4, -0.2) is 41.2 Å². The average molecular weight is 377 g/mol. The number of halogens is 1. The normalized spacial score (nSPS) is 10.8. The highest BCUT2D eigenvalue weighted by Gasteiger charge is 2.22. The van der Waals surface area contributed by atoms with E-state index in [1.165, 1.54) is 21.8 Å². The number of carbonyl (C=O) groups is 2. The van der Waals surface area contributed by atoms with E-state index in [1.54, 1.807) is 32.0 Å². The van der Waals surface area contributed by atoms with Crippen LogP contribution in [0.2, 0.25) is 5.02 Å². The van der Waals surface area contributed by atoms with E-state index in [0.717, 1.165) is 5.69 Å². The minimum Gasteiger partial charge on any atom is -0.318 e. The van der Waals surface area contributed by atoms with Gasteiger partial charge in [-0.15, -0.1) is 0 Å². The second-order valence-corrected chi connectivity index (χ2v) is 6.11. The lowest BCUT2D eigenvalue weighted by atomic mass is 10.3. The van der Waals surface area contributed by atoms with Crippen molar-refractivity contribution >= 4 is 34.8 Å². The fourth-order valence-corrected chi connectivity index (χ4v) is 2.66. The fourth-order valence-electron chi connectivity index (χ4n) is 2.40. The van der Waals surface area contributed by atoms with Gasteiger partial charge in [-0.25, -0.2) is 0 Å². The molecule has 0 spiro atoms. The molecule has 11 heteroatoms. The van der Waals surface area contributed by atoms with E-state index in [0.29, 0.717) is 5.69 Å². The van der Waals surface area contributed by atoms with Gasteiger partial charge in [-0.1, -0.05) is 11.6 Å². The molecule has 0 bridgehead atoms. The van der Waals surface area contributed by atoms with Gasteiger partial charge >= 0.3 is 0 Å². The largest absolute Gasteiger partial charge is 0.318 e. The van der Waals surface area contributed by atoms with Gasteiger partial charge in [0, 0.05) is 27.3 Å². The summed E-state index contributed by atoms with van der Waals surface area (Å²) in [6.07, 6.45) is 4.45. The van der Waals surface area contributed by atoms with Crippen molar-refractivity contribution in [3.63, 3.8) is 0 Å². The van der Waals surface area contributed by atoms with Crippen LogP contribution in [-0.2, 0) is 21.1 Å². The summed E-state index contributed by atoms with van der Waals surface area (Å²) in [7, 11) is 5.04. The zero-order valence-corrected chi connectivity index (χ0v) is 15.4. The second-order valence-electron chi connectivity index (χ2n) is 5.71. The first-order chi connectivity index (χ1) is 12.3. The van der Waals surface area contributed by atoms with Crippen molar-refractivity contribution < 1.29 is 9.59 Å². The van der Waals surface area contributed by atoms with Crippen LogP contribution in [0.1, 0.15) is 26.7 Å². The number of hydrogen-bond acceptors (Lipinski definition) is 5. The molecule has 136 valence electrons. The third-order valence-corrected chi connectivity index (χ3v) is 4.16. The highest BCUT2D eigenvalue weighted by Crippen LogP contribution is 2.20. The topological polar surface area (TPSA) is 112 Å². The molecule has 3 rings (SSSR count). The molecule has 0 aliphatic heterocycles. The zero-order chi connectivity index (χ0) is 19.0. The number of aryl methyl sites for hydroxylation is 3. The summed E-state index contributed by atoms with van der Waals surface area (Å²) in [6, 6.07) is 0. The Morgan fingerprint density at radius 2 is 1.62 bits per heavy atom. The number of aromatic nitrogens is 6. The molecular formula is C15H17ClN8O2. The van der Waals surface area contributed by atoms with Gasteiger partial charge < -0.3 is 10.6 Å². The molecular weight excluding hydrogens is 360 g/mol. The monoisotopic (exact) mass is 376 g/mol. The Hall–Kier alpha value is -3.14. The molecule has 2 N–H and O–H groups in total. The van der Waals surface area contributed by atoms with E-state index in [-0.39, 0.29) is 22.1 Å². The van der Waals surface area contributed by atoms with Crippen molar-refractivity contribution in [3.05, 3.63) is 40.7 Å². The lowest BCUT2D eigenvalue weighted by Crippen LogP contribution is -2.21. The van der Waals surface area contributed by atoms with Crippen molar-refractivity contribution in [2.24, 2.45) is 21.1 Å². The summed E-state index contributed by atoms with van der Waals surface area (Å²) in [5, 5.41) is 17.7. The van der Waals surface area contributed by atoms with Gasteiger partial charge in [-0.05, 0) is 6.92 Å². The first kappa shape index (κ1) is 17.7. The maximum absolute atomic E-state index is 12.7. The van der Waals surface area contributed by atoms with Crippen LogP contribution in [0.25, 0.3) is 0 Å². The number of anilines is 2. The van der Waals surface area contributed by atoms with Crippen LogP contribution < -0.4 is 10.6 Å². The summed E-state index contributed by atoms with van der Waals surface area (Å²) < 4.78 is 4.45. The third-order valence-electron chi connectivity index (χ3n) is 3.88. The lowest BCUT2D eigenvalue weighted by molar-refractivity contribution is 0.101. The van der Waals surface area contributed by atoms with Crippen LogP contribution in [0.3, 0.4) is 0 Å². The van der Waals surface area contributed by atoms with Crippen molar-refractivity contribution in [2.45, 2.75) is 6.92 Å². The summed E-state index contributed by atoms with van der Waals surface area (Å²) in [6.45, 7) is 1.83. The first-order valence-corrected chi connectivity index (χ1v) is 7.98. The summed E-state index contributed by atoms with van der Waals surface area (Å²) in [5.74, 6) is -0.960. The fraction of sp³-hybridized carbons (Fsp3) is 0.267. The summed E-state index contributed by atoms with van der Waals surface area (Å²) in [4.78, 5) is 25.1. The van der Waals surface area contributed by atoms with Crippen LogP contribution in [0, 0.1) is 6.92 Å². The number of rotatable bonds is 4. The van der Waals surface area contributed by atoms with Crippen molar-refractivity contribution in [2.75, 3.05) is 10.6 Å². The quantitative estimate of drug-likeness (QED) is 0.714. The Bertz CT molecular complexity index is 1000. The standard InChI is InChI=1S/C15H17ClN8O2/c1-8-10(5-17-23(8)3)19-15(26)13-11(6-18-24(13)4)20-14(25)12-9(16)7-22(2)21-12/h5-7H,1-4H3,(H,19,26)(H,20,25). The predicted octanol–water partition coefficient (Wildman–Crippen LogP) is 1.35. The van der Waals surface area contributed by atoms with Gasteiger partial charge in [0.1, 0.15) is 5.69 Å².